The van der Waals surface area contributed by atoms with Gasteiger partial charge < -0.3 is 9.32 Å². The minimum Gasteiger partial charge on any atom is -0.452 e. The van der Waals surface area contributed by atoms with E-state index in [0.29, 0.717) is 6.42 Å². The number of hydrogen-bond acceptors (Lipinski definition) is 4. The van der Waals surface area contributed by atoms with Crippen LogP contribution in [0.1, 0.15) is 16.8 Å². The summed E-state index contributed by atoms with van der Waals surface area (Å²) in [5.74, 6) is -0.162. The molecule has 17 heavy (non-hydrogen) atoms. The number of sulfone groups is 1. The normalized spacial score (nSPS) is 22.6. The van der Waals surface area contributed by atoms with Crippen LogP contribution in [0.25, 0.3) is 0 Å². The highest BCUT2D eigenvalue weighted by molar-refractivity contribution is 7.91. The van der Waals surface area contributed by atoms with Crippen molar-refractivity contribution in [1.82, 2.24) is 4.90 Å². The van der Waals surface area contributed by atoms with Crippen molar-refractivity contribution < 1.29 is 17.6 Å². The molecular formula is C10H12ClNO4S. The van der Waals surface area contributed by atoms with Crippen molar-refractivity contribution in [1.29, 1.82) is 0 Å². The molecule has 2 rings (SSSR count). The predicted molar refractivity (Wildman–Crippen MR) is 62.9 cm³/mol. The van der Waals surface area contributed by atoms with Gasteiger partial charge in [0.1, 0.15) is 0 Å². The smallest absolute Gasteiger partial charge is 0.258 e. The van der Waals surface area contributed by atoms with Gasteiger partial charge in [0.05, 0.1) is 23.3 Å². The molecule has 1 fully saturated rings. The van der Waals surface area contributed by atoms with Crippen LogP contribution >= 0.6 is 11.6 Å². The fourth-order valence-corrected chi connectivity index (χ4v) is 3.85. The average molecular weight is 278 g/mol. The third-order valence-corrected chi connectivity index (χ3v) is 4.97. The summed E-state index contributed by atoms with van der Waals surface area (Å²) < 4.78 is 27.5. The van der Waals surface area contributed by atoms with Crippen LogP contribution in [-0.4, -0.2) is 43.8 Å². The van der Waals surface area contributed by atoms with Crippen molar-refractivity contribution in [2.24, 2.45) is 0 Å². The number of rotatable bonds is 2. The SMILES string of the molecule is CN(C(=O)c1ccoc1Cl)C1CCS(=O)(=O)C1. The lowest BCUT2D eigenvalue weighted by molar-refractivity contribution is 0.0747. The third kappa shape index (κ3) is 2.47. The molecule has 2 heterocycles. The maximum atomic E-state index is 12.0. The standard InChI is InChI=1S/C10H12ClNO4S/c1-12(7-3-5-17(14,15)6-7)10(13)8-2-4-16-9(8)11/h2,4,7H,3,5-6H2,1H3. The Bertz CT molecular complexity index is 536. The van der Waals surface area contributed by atoms with Crippen LogP contribution in [-0.2, 0) is 9.84 Å². The van der Waals surface area contributed by atoms with Gasteiger partial charge in [-0.2, -0.15) is 0 Å². The Hall–Kier alpha value is -1.01. The molecule has 5 nitrogen and oxygen atoms in total. The second-order valence-electron chi connectivity index (χ2n) is 4.08. The van der Waals surface area contributed by atoms with E-state index in [-0.39, 0.29) is 34.2 Å². The Labute approximate surface area is 104 Å². The third-order valence-electron chi connectivity index (χ3n) is 2.92. The van der Waals surface area contributed by atoms with Crippen molar-refractivity contribution in [3.8, 4) is 0 Å². The van der Waals surface area contributed by atoms with Crippen LogP contribution in [0.3, 0.4) is 0 Å². The van der Waals surface area contributed by atoms with E-state index < -0.39 is 9.84 Å². The summed E-state index contributed by atoms with van der Waals surface area (Å²) in [6.07, 6.45) is 1.80. The van der Waals surface area contributed by atoms with E-state index in [2.05, 4.69) is 0 Å². The number of carbonyl (C=O) groups is 1. The zero-order chi connectivity index (χ0) is 12.6. The summed E-state index contributed by atoms with van der Waals surface area (Å²) in [4.78, 5) is 13.4. The summed E-state index contributed by atoms with van der Waals surface area (Å²) in [7, 11) is -1.42. The highest BCUT2D eigenvalue weighted by Gasteiger charge is 2.33. The zero-order valence-corrected chi connectivity index (χ0v) is 10.8. The molecule has 7 heteroatoms. The van der Waals surface area contributed by atoms with Crippen molar-refractivity contribution in [2.75, 3.05) is 18.6 Å². The van der Waals surface area contributed by atoms with Crippen molar-refractivity contribution in [2.45, 2.75) is 12.5 Å². The molecule has 0 aromatic carbocycles. The number of furan rings is 1. The summed E-state index contributed by atoms with van der Waals surface area (Å²) in [6, 6.07) is 1.20. The van der Waals surface area contributed by atoms with E-state index in [1.165, 1.54) is 17.2 Å². The second-order valence-corrected chi connectivity index (χ2v) is 6.65. The van der Waals surface area contributed by atoms with E-state index in [0.717, 1.165) is 0 Å². The quantitative estimate of drug-likeness (QED) is 0.814. The first-order valence-electron chi connectivity index (χ1n) is 5.11. The Kier molecular flexibility index (Phi) is 3.18. The van der Waals surface area contributed by atoms with Gasteiger partial charge in [0.2, 0.25) is 5.22 Å². The molecule has 1 aromatic rings. The van der Waals surface area contributed by atoms with E-state index >= 15 is 0 Å². The van der Waals surface area contributed by atoms with Crippen molar-refractivity contribution >= 4 is 27.3 Å². The van der Waals surface area contributed by atoms with Crippen LogP contribution in [0, 0.1) is 0 Å². The van der Waals surface area contributed by atoms with E-state index in [4.69, 9.17) is 16.0 Å². The lowest BCUT2D eigenvalue weighted by Gasteiger charge is -2.22. The van der Waals surface area contributed by atoms with E-state index in [9.17, 15) is 13.2 Å². The topological polar surface area (TPSA) is 67.6 Å². The minimum absolute atomic E-state index is 0.0186. The molecule has 1 aliphatic heterocycles. The molecule has 0 radical (unpaired) electrons. The van der Waals surface area contributed by atoms with Crippen LogP contribution in [0.2, 0.25) is 5.22 Å². The Morgan fingerprint density at radius 3 is 2.76 bits per heavy atom. The van der Waals surface area contributed by atoms with Gasteiger partial charge in [-0.1, -0.05) is 0 Å². The maximum Gasteiger partial charge on any atom is 0.258 e. The van der Waals surface area contributed by atoms with Gasteiger partial charge in [-0.15, -0.1) is 0 Å². The zero-order valence-electron chi connectivity index (χ0n) is 9.22. The Morgan fingerprint density at radius 2 is 2.29 bits per heavy atom. The summed E-state index contributed by atoms with van der Waals surface area (Å²) in [5.41, 5.74) is 0.262. The highest BCUT2D eigenvalue weighted by Crippen LogP contribution is 2.22. The van der Waals surface area contributed by atoms with Crippen LogP contribution in [0.4, 0.5) is 0 Å². The number of carbonyl (C=O) groups excluding carboxylic acids is 1. The highest BCUT2D eigenvalue weighted by atomic mass is 35.5. The number of halogens is 1. The molecule has 94 valence electrons. The predicted octanol–water partition coefficient (Wildman–Crippen LogP) is 1.19. The molecule has 0 N–H and O–H groups in total. The first kappa shape index (κ1) is 12.4. The molecule has 0 saturated carbocycles. The second kappa shape index (κ2) is 4.34. The molecule has 0 aliphatic carbocycles. The van der Waals surface area contributed by atoms with Gasteiger partial charge in [0.15, 0.2) is 9.84 Å². The van der Waals surface area contributed by atoms with Crippen molar-refractivity contribution in [3.63, 3.8) is 0 Å². The Morgan fingerprint density at radius 1 is 1.59 bits per heavy atom. The average Bonchev–Trinajstić information content (AvgIpc) is 2.82. The van der Waals surface area contributed by atoms with Crippen molar-refractivity contribution in [3.05, 3.63) is 23.1 Å². The molecule has 0 bridgehead atoms. The van der Waals surface area contributed by atoms with Crippen LogP contribution in [0.15, 0.2) is 16.7 Å². The van der Waals surface area contributed by atoms with E-state index in [1.807, 2.05) is 0 Å². The summed E-state index contributed by atoms with van der Waals surface area (Å²) in [6.45, 7) is 0. The number of hydrogen-bond donors (Lipinski definition) is 0. The summed E-state index contributed by atoms with van der Waals surface area (Å²) >= 11 is 5.71. The molecule has 0 spiro atoms. The molecule has 1 aromatic heterocycles. The Balaban J connectivity index is 2.14. The number of amides is 1. The molecule has 1 aliphatic rings. The first-order valence-corrected chi connectivity index (χ1v) is 7.31. The molecular weight excluding hydrogens is 266 g/mol. The van der Waals surface area contributed by atoms with Gasteiger partial charge in [0.25, 0.3) is 5.91 Å². The largest absolute Gasteiger partial charge is 0.452 e. The van der Waals surface area contributed by atoms with E-state index in [1.54, 1.807) is 7.05 Å². The fraction of sp³-hybridized carbons (Fsp3) is 0.500. The van der Waals surface area contributed by atoms with Gasteiger partial charge in [-0.3, -0.25) is 4.79 Å². The molecule has 1 unspecified atom stereocenters. The van der Waals surface area contributed by atoms with Gasteiger partial charge in [0, 0.05) is 13.1 Å². The molecule has 1 atom stereocenters. The first-order chi connectivity index (χ1) is 7.91. The fourth-order valence-electron chi connectivity index (χ4n) is 1.88. The lowest BCUT2D eigenvalue weighted by atomic mass is 10.2. The number of nitrogens with zero attached hydrogens (tertiary/aromatic N) is 1. The molecule has 1 amide bonds. The van der Waals surface area contributed by atoms with Crippen LogP contribution in [0.5, 0.6) is 0 Å². The van der Waals surface area contributed by atoms with Gasteiger partial charge in [-0.25, -0.2) is 8.42 Å². The van der Waals surface area contributed by atoms with Crippen LogP contribution < -0.4 is 0 Å². The molecule has 1 saturated heterocycles. The van der Waals surface area contributed by atoms with Gasteiger partial charge in [-0.05, 0) is 24.1 Å². The van der Waals surface area contributed by atoms with Gasteiger partial charge >= 0.3 is 0 Å². The monoisotopic (exact) mass is 277 g/mol. The summed E-state index contributed by atoms with van der Waals surface area (Å²) in [5, 5.41) is 0.0303. The lowest BCUT2D eigenvalue weighted by Crippen LogP contribution is -2.37. The minimum atomic E-state index is -3.00. The maximum absolute atomic E-state index is 12.0.